The van der Waals surface area contributed by atoms with Crippen molar-refractivity contribution in [1.29, 1.82) is 0 Å². The Hall–Kier alpha value is -4.57. The molecule has 0 unspecified atom stereocenters. The van der Waals surface area contributed by atoms with Gasteiger partial charge in [-0.3, -0.25) is 25.0 Å². The van der Waals surface area contributed by atoms with E-state index in [0.717, 1.165) is 6.07 Å². The average molecular weight is 496 g/mol. The highest BCUT2D eigenvalue weighted by atomic mass is 35.5. The van der Waals surface area contributed by atoms with E-state index < -0.39 is 28.6 Å². The van der Waals surface area contributed by atoms with Crippen LogP contribution in [-0.4, -0.2) is 22.8 Å². The van der Waals surface area contributed by atoms with Crippen molar-refractivity contribution in [1.82, 2.24) is 5.32 Å². The number of rotatable bonds is 6. The molecule has 0 atom stereocenters. The minimum atomic E-state index is -1.03. The van der Waals surface area contributed by atoms with Crippen LogP contribution in [0.2, 0.25) is 5.02 Å². The van der Waals surface area contributed by atoms with E-state index in [0.29, 0.717) is 16.0 Å². The minimum Gasteiger partial charge on any atom is -0.487 e. The van der Waals surface area contributed by atoms with Gasteiger partial charge in [-0.05, 0) is 35.9 Å². The Bertz CT molecular complexity index is 1410. The maximum atomic E-state index is 13.8. The van der Waals surface area contributed by atoms with Crippen LogP contribution >= 0.6 is 11.6 Å². The first-order chi connectivity index (χ1) is 16.7. The van der Waals surface area contributed by atoms with Crippen LogP contribution in [0.3, 0.4) is 0 Å². The van der Waals surface area contributed by atoms with Crippen LogP contribution < -0.4 is 15.0 Å². The number of amides is 4. The van der Waals surface area contributed by atoms with Crippen molar-refractivity contribution < 1.29 is 28.4 Å². The van der Waals surface area contributed by atoms with E-state index in [9.17, 15) is 28.9 Å². The number of nitrogens with one attached hydrogen (secondary N) is 1. The summed E-state index contributed by atoms with van der Waals surface area (Å²) < 4.78 is 19.3. The number of carbonyl (C=O) groups excluding carboxylic acids is 3. The van der Waals surface area contributed by atoms with Gasteiger partial charge in [0.15, 0.2) is 0 Å². The highest BCUT2D eigenvalue weighted by Crippen LogP contribution is 2.29. The number of urea groups is 1. The number of imide groups is 2. The van der Waals surface area contributed by atoms with Gasteiger partial charge in [-0.25, -0.2) is 14.1 Å². The summed E-state index contributed by atoms with van der Waals surface area (Å²) in [5.41, 5.74) is -0.101. The summed E-state index contributed by atoms with van der Waals surface area (Å²) in [6, 6.07) is 14.4. The largest absolute Gasteiger partial charge is 0.487 e. The molecule has 3 aromatic rings. The number of hydrogen-bond acceptors (Lipinski definition) is 6. The summed E-state index contributed by atoms with van der Waals surface area (Å²) in [4.78, 5) is 48.7. The molecule has 9 nitrogen and oxygen atoms in total. The molecule has 0 saturated carbocycles. The number of benzene rings is 3. The molecule has 4 rings (SSSR count). The molecule has 1 fully saturated rings. The Morgan fingerprint density at radius 2 is 1.83 bits per heavy atom. The first-order valence-corrected chi connectivity index (χ1v) is 10.4. The first-order valence-electron chi connectivity index (χ1n) is 10.1. The van der Waals surface area contributed by atoms with Gasteiger partial charge in [-0.1, -0.05) is 41.9 Å². The fourth-order valence-corrected chi connectivity index (χ4v) is 3.54. The summed E-state index contributed by atoms with van der Waals surface area (Å²) in [6.45, 7) is -0.0615. The van der Waals surface area contributed by atoms with E-state index in [1.165, 1.54) is 48.5 Å². The standard InChI is InChI=1S/C24H15ClFN3O6/c25-19-11-14(8-9-21(19)35-13-15-4-1-2-7-20(15)26)10-18-22(30)27-24(32)28(23(18)31)16-5-3-6-17(12-16)29(33)34/h1-12H,13H2,(H,27,30,32)/b18-10-. The number of barbiturate groups is 1. The summed E-state index contributed by atoms with van der Waals surface area (Å²) in [6.07, 6.45) is 1.22. The lowest BCUT2D eigenvalue weighted by molar-refractivity contribution is -0.384. The third-order valence-corrected chi connectivity index (χ3v) is 5.30. The number of nitrogens with zero attached hydrogens (tertiary/aromatic N) is 2. The predicted octanol–water partition coefficient (Wildman–Crippen LogP) is 4.63. The van der Waals surface area contributed by atoms with Crippen molar-refractivity contribution in [2.75, 3.05) is 4.90 Å². The molecule has 0 spiro atoms. The van der Waals surface area contributed by atoms with Crippen LogP contribution in [0.15, 0.2) is 72.3 Å². The van der Waals surface area contributed by atoms with E-state index >= 15 is 0 Å². The Balaban J connectivity index is 1.58. The Morgan fingerprint density at radius 1 is 1.06 bits per heavy atom. The number of nitro groups is 1. The maximum absolute atomic E-state index is 13.8. The molecule has 1 heterocycles. The van der Waals surface area contributed by atoms with Gasteiger partial charge in [0.1, 0.15) is 23.7 Å². The van der Waals surface area contributed by atoms with Crippen LogP contribution in [0.4, 0.5) is 20.6 Å². The van der Waals surface area contributed by atoms with Crippen LogP contribution in [0.1, 0.15) is 11.1 Å². The summed E-state index contributed by atoms with van der Waals surface area (Å²) in [5.74, 6) is -2.06. The third-order valence-electron chi connectivity index (χ3n) is 5.01. The van der Waals surface area contributed by atoms with E-state index in [-0.39, 0.29) is 34.3 Å². The van der Waals surface area contributed by atoms with Crippen molar-refractivity contribution >= 4 is 46.9 Å². The molecule has 0 radical (unpaired) electrons. The lowest BCUT2D eigenvalue weighted by Crippen LogP contribution is -2.54. The zero-order valence-corrected chi connectivity index (χ0v) is 18.5. The zero-order chi connectivity index (χ0) is 25.1. The second-order valence-electron chi connectivity index (χ2n) is 7.30. The molecule has 1 aliphatic rings. The fourth-order valence-electron chi connectivity index (χ4n) is 3.30. The molecular formula is C24H15ClFN3O6. The van der Waals surface area contributed by atoms with Crippen molar-refractivity contribution in [3.8, 4) is 5.75 Å². The second kappa shape index (κ2) is 9.74. The van der Waals surface area contributed by atoms with Gasteiger partial charge < -0.3 is 4.74 Å². The van der Waals surface area contributed by atoms with Crippen molar-refractivity contribution in [2.24, 2.45) is 0 Å². The van der Waals surface area contributed by atoms with E-state index in [1.807, 2.05) is 5.32 Å². The van der Waals surface area contributed by atoms with Gasteiger partial charge >= 0.3 is 6.03 Å². The maximum Gasteiger partial charge on any atom is 0.335 e. The van der Waals surface area contributed by atoms with Gasteiger partial charge in [-0.2, -0.15) is 0 Å². The highest BCUT2D eigenvalue weighted by molar-refractivity contribution is 6.39. The lowest BCUT2D eigenvalue weighted by atomic mass is 10.1. The molecule has 11 heteroatoms. The molecule has 1 aliphatic heterocycles. The molecule has 1 saturated heterocycles. The van der Waals surface area contributed by atoms with E-state index in [2.05, 4.69) is 0 Å². The highest BCUT2D eigenvalue weighted by Gasteiger charge is 2.37. The fraction of sp³-hybridized carbons (Fsp3) is 0.0417. The zero-order valence-electron chi connectivity index (χ0n) is 17.7. The van der Waals surface area contributed by atoms with Gasteiger partial charge in [0, 0.05) is 17.7 Å². The molecule has 176 valence electrons. The normalized spacial score (nSPS) is 14.7. The molecule has 0 bridgehead atoms. The van der Waals surface area contributed by atoms with Gasteiger partial charge in [0.25, 0.3) is 17.5 Å². The predicted molar refractivity (Wildman–Crippen MR) is 124 cm³/mol. The molecular weight excluding hydrogens is 481 g/mol. The number of anilines is 1. The Morgan fingerprint density at radius 3 is 2.54 bits per heavy atom. The summed E-state index contributed by atoms with van der Waals surface area (Å²) >= 11 is 6.26. The number of non-ortho nitro benzene ring substituents is 1. The first kappa shape index (κ1) is 23.6. The van der Waals surface area contributed by atoms with E-state index in [4.69, 9.17) is 16.3 Å². The average Bonchev–Trinajstić information content (AvgIpc) is 2.82. The number of ether oxygens (including phenoxy) is 1. The topological polar surface area (TPSA) is 119 Å². The molecule has 4 amide bonds. The monoisotopic (exact) mass is 495 g/mol. The molecule has 0 aromatic heterocycles. The molecule has 0 aliphatic carbocycles. The SMILES string of the molecule is O=C1NC(=O)N(c2cccc([N+](=O)[O-])c2)C(=O)/C1=C\c1ccc(OCc2ccccc2F)c(Cl)c1. The van der Waals surface area contributed by atoms with Crippen LogP contribution in [0.5, 0.6) is 5.75 Å². The number of nitro benzene ring substituents is 1. The molecule has 3 aromatic carbocycles. The number of halogens is 2. The molecule has 1 N–H and O–H groups in total. The van der Waals surface area contributed by atoms with Crippen molar-refractivity contribution in [3.05, 3.63) is 104 Å². The van der Waals surface area contributed by atoms with Gasteiger partial charge in [0.2, 0.25) is 0 Å². The quantitative estimate of drug-likeness (QED) is 0.230. The van der Waals surface area contributed by atoms with Crippen LogP contribution in [-0.2, 0) is 16.2 Å². The Kier molecular flexibility index (Phi) is 6.56. The van der Waals surface area contributed by atoms with Crippen LogP contribution in [0, 0.1) is 15.9 Å². The minimum absolute atomic E-state index is 0.0615. The van der Waals surface area contributed by atoms with Crippen molar-refractivity contribution in [2.45, 2.75) is 6.61 Å². The Labute approximate surface area is 202 Å². The third kappa shape index (κ3) is 5.02. The van der Waals surface area contributed by atoms with Gasteiger partial charge in [0.05, 0.1) is 15.6 Å². The molecule has 35 heavy (non-hydrogen) atoms. The summed E-state index contributed by atoms with van der Waals surface area (Å²) in [5, 5.41) is 13.2. The lowest BCUT2D eigenvalue weighted by Gasteiger charge is -2.26. The number of carbonyl (C=O) groups is 3. The van der Waals surface area contributed by atoms with Crippen molar-refractivity contribution in [3.63, 3.8) is 0 Å². The van der Waals surface area contributed by atoms with E-state index in [1.54, 1.807) is 18.2 Å². The van der Waals surface area contributed by atoms with Gasteiger partial charge in [-0.15, -0.1) is 0 Å². The van der Waals surface area contributed by atoms with Crippen LogP contribution in [0.25, 0.3) is 6.08 Å². The second-order valence-corrected chi connectivity index (χ2v) is 7.71. The summed E-state index contributed by atoms with van der Waals surface area (Å²) in [7, 11) is 0. The smallest absolute Gasteiger partial charge is 0.335 e. The number of hydrogen-bond donors (Lipinski definition) is 1.